The molecule has 0 amide bonds. The first-order valence-electron chi connectivity index (χ1n) is 6.14. The van der Waals surface area contributed by atoms with Gasteiger partial charge in [0.25, 0.3) is 0 Å². The van der Waals surface area contributed by atoms with Crippen molar-refractivity contribution in [2.45, 2.75) is 6.92 Å². The Kier molecular flexibility index (Phi) is 4.55. The summed E-state index contributed by atoms with van der Waals surface area (Å²) >= 11 is 11.9. The zero-order chi connectivity index (χ0) is 16.4. The SMILES string of the molecule is COC(=O)c1c(C)nc(N)c(C#N)c1-c1ccc(Cl)c(Cl)c1. The molecule has 7 heteroatoms. The van der Waals surface area contributed by atoms with Crippen molar-refractivity contribution in [3.05, 3.63) is 45.1 Å². The van der Waals surface area contributed by atoms with Gasteiger partial charge in [-0.25, -0.2) is 9.78 Å². The summed E-state index contributed by atoms with van der Waals surface area (Å²) in [7, 11) is 1.25. The fourth-order valence-corrected chi connectivity index (χ4v) is 2.43. The van der Waals surface area contributed by atoms with Gasteiger partial charge in [-0.3, -0.25) is 0 Å². The first-order valence-corrected chi connectivity index (χ1v) is 6.90. The lowest BCUT2D eigenvalue weighted by Gasteiger charge is -2.14. The molecule has 1 heterocycles. The molecule has 0 atom stereocenters. The molecule has 1 aromatic heterocycles. The van der Waals surface area contributed by atoms with Crippen molar-refractivity contribution in [1.82, 2.24) is 4.98 Å². The van der Waals surface area contributed by atoms with Crippen LogP contribution < -0.4 is 5.73 Å². The van der Waals surface area contributed by atoms with Gasteiger partial charge in [0.15, 0.2) is 0 Å². The van der Waals surface area contributed by atoms with E-state index in [1.807, 2.05) is 6.07 Å². The number of nitrogen functional groups attached to an aromatic ring is 1. The molecule has 0 unspecified atom stereocenters. The minimum Gasteiger partial charge on any atom is -0.465 e. The number of hydrogen-bond acceptors (Lipinski definition) is 5. The molecule has 112 valence electrons. The highest BCUT2D eigenvalue weighted by Crippen LogP contribution is 2.35. The first-order chi connectivity index (χ1) is 10.4. The summed E-state index contributed by atoms with van der Waals surface area (Å²) in [6, 6.07) is 6.76. The van der Waals surface area contributed by atoms with E-state index < -0.39 is 5.97 Å². The molecular formula is C15H11Cl2N3O2. The van der Waals surface area contributed by atoms with E-state index in [1.54, 1.807) is 25.1 Å². The van der Waals surface area contributed by atoms with Crippen molar-refractivity contribution in [3.63, 3.8) is 0 Å². The predicted molar refractivity (Wildman–Crippen MR) is 84.9 cm³/mol. The second-order valence-corrected chi connectivity index (χ2v) is 5.25. The van der Waals surface area contributed by atoms with Crippen LogP contribution in [0.15, 0.2) is 18.2 Å². The van der Waals surface area contributed by atoms with E-state index in [0.717, 1.165) is 0 Å². The molecule has 0 aliphatic carbocycles. The topological polar surface area (TPSA) is 89.0 Å². The normalized spacial score (nSPS) is 10.1. The average molecular weight is 336 g/mol. The Balaban J connectivity index is 2.90. The molecule has 0 aliphatic heterocycles. The van der Waals surface area contributed by atoms with Gasteiger partial charge in [-0.2, -0.15) is 5.26 Å². The van der Waals surface area contributed by atoms with Gasteiger partial charge >= 0.3 is 5.97 Å². The monoisotopic (exact) mass is 335 g/mol. The molecule has 2 rings (SSSR count). The number of pyridine rings is 1. The van der Waals surface area contributed by atoms with Gasteiger partial charge in [0.2, 0.25) is 0 Å². The van der Waals surface area contributed by atoms with Crippen molar-refractivity contribution in [2.24, 2.45) is 0 Å². The molecule has 22 heavy (non-hydrogen) atoms. The van der Waals surface area contributed by atoms with Gasteiger partial charge in [0.05, 0.1) is 28.4 Å². The van der Waals surface area contributed by atoms with Crippen LogP contribution in [0.4, 0.5) is 5.82 Å². The van der Waals surface area contributed by atoms with E-state index >= 15 is 0 Å². The summed E-state index contributed by atoms with van der Waals surface area (Å²) in [6.45, 7) is 1.62. The minimum atomic E-state index is -0.609. The number of carbonyl (C=O) groups is 1. The molecule has 2 aromatic rings. The highest BCUT2D eigenvalue weighted by atomic mass is 35.5. The van der Waals surface area contributed by atoms with E-state index in [4.69, 9.17) is 33.7 Å². The number of aromatic nitrogens is 1. The van der Waals surface area contributed by atoms with Crippen LogP contribution in [0.2, 0.25) is 10.0 Å². The van der Waals surface area contributed by atoms with Crippen LogP contribution in [-0.4, -0.2) is 18.1 Å². The number of hydrogen-bond donors (Lipinski definition) is 1. The number of carbonyl (C=O) groups excluding carboxylic acids is 1. The van der Waals surface area contributed by atoms with E-state index in [2.05, 4.69) is 4.98 Å². The molecule has 2 N–H and O–H groups in total. The first kappa shape index (κ1) is 16.1. The molecule has 1 aromatic carbocycles. The van der Waals surface area contributed by atoms with Gasteiger partial charge in [-0.05, 0) is 24.6 Å². The molecule has 5 nitrogen and oxygen atoms in total. The lowest BCUT2D eigenvalue weighted by Crippen LogP contribution is -2.12. The Morgan fingerprint density at radius 3 is 2.59 bits per heavy atom. The van der Waals surface area contributed by atoms with Crippen LogP contribution in [0.3, 0.4) is 0 Å². The molecule has 0 fully saturated rings. The molecule has 0 aliphatic rings. The number of esters is 1. The Labute approximate surface area is 137 Å². The Morgan fingerprint density at radius 2 is 2.05 bits per heavy atom. The summed E-state index contributed by atoms with van der Waals surface area (Å²) < 4.78 is 4.78. The molecule has 0 radical (unpaired) electrons. The number of nitrogens with two attached hydrogens (primary N) is 1. The molecule has 0 spiro atoms. The third kappa shape index (κ3) is 2.71. The maximum atomic E-state index is 12.1. The van der Waals surface area contributed by atoms with Crippen molar-refractivity contribution < 1.29 is 9.53 Å². The van der Waals surface area contributed by atoms with Gasteiger partial charge in [0.1, 0.15) is 17.5 Å². The van der Waals surface area contributed by atoms with Gasteiger partial charge in [-0.1, -0.05) is 29.3 Å². The predicted octanol–water partition coefficient (Wildman–Crippen LogP) is 3.60. The standard InChI is InChI=1S/C15H11Cl2N3O2/c1-7-12(15(21)22-2)13(9(6-18)14(19)20-7)8-3-4-10(16)11(17)5-8/h3-5H,1-2H3,(H2,19,20). The Morgan fingerprint density at radius 1 is 1.36 bits per heavy atom. The molecule has 0 saturated carbocycles. The summed E-state index contributed by atoms with van der Waals surface area (Å²) in [5, 5.41) is 10.0. The molecular weight excluding hydrogens is 325 g/mol. The van der Waals surface area contributed by atoms with E-state index in [9.17, 15) is 10.1 Å². The van der Waals surface area contributed by atoms with E-state index in [-0.39, 0.29) is 16.9 Å². The quantitative estimate of drug-likeness (QED) is 0.846. The van der Waals surface area contributed by atoms with Crippen molar-refractivity contribution >= 4 is 35.0 Å². The van der Waals surface area contributed by atoms with Crippen LogP contribution in [0.25, 0.3) is 11.1 Å². The lowest BCUT2D eigenvalue weighted by molar-refractivity contribution is 0.0600. The van der Waals surface area contributed by atoms with E-state index in [1.165, 1.54) is 7.11 Å². The summed E-state index contributed by atoms with van der Waals surface area (Å²) in [6.07, 6.45) is 0. The second-order valence-electron chi connectivity index (χ2n) is 4.44. The summed E-state index contributed by atoms with van der Waals surface area (Å²) in [5.41, 5.74) is 7.29. The van der Waals surface area contributed by atoms with Crippen LogP contribution in [-0.2, 0) is 4.74 Å². The van der Waals surface area contributed by atoms with Gasteiger partial charge in [-0.15, -0.1) is 0 Å². The van der Waals surface area contributed by atoms with Crippen LogP contribution in [0.5, 0.6) is 0 Å². The minimum absolute atomic E-state index is 0.0359. The number of methoxy groups -OCH3 is 1. The van der Waals surface area contributed by atoms with Crippen LogP contribution >= 0.6 is 23.2 Å². The highest BCUT2D eigenvalue weighted by molar-refractivity contribution is 6.42. The number of halogens is 2. The number of anilines is 1. The number of nitriles is 1. The lowest BCUT2D eigenvalue weighted by atomic mass is 9.94. The van der Waals surface area contributed by atoms with Crippen LogP contribution in [0.1, 0.15) is 21.6 Å². The largest absolute Gasteiger partial charge is 0.465 e. The van der Waals surface area contributed by atoms with Crippen molar-refractivity contribution in [2.75, 3.05) is 12.8 Å². The second kappa shape index (κ2) is 6.22. The summed E-state index contributed by atoms with van der Waals surface area (Å²) in [5.74, 6) is -0.573. The smallest absolute Gasteiger partial charge is 0.340 e. The van der Waals surface area contributed by atoms with Crippen molar-refractivity contribution in [1.29, 1.82) is 5.26 Å². The zero-order valence-corrected chi connectivity index (χ0v) is 13.3. The third-order valence-electron chi connectivity index (χ3n) is 3.12. The fraction of sp³-hybridized carbons (Fsp3) is 0.133. The Bertz CT molecular complexity index is 813. The van der Waals surface area contributed by atoms with Crippen molar-refractivity contribution in [3.8, 4) is 17.2 Å². The van der Waals surface area contributed by atoms with E-state index in [0.29, 0.717) is 26.9 Å². The number of nitrogens with zero attached hydrogens (tertiary/aromatic N) is 2. The van der Waals surface area contributed by atoms with Gasteiger partial charge in [0, 0.05) is 5.56 Å². The number of aryl methyl sites for hydroxylation is 1. The number of rotatable bonds is 2. The number of ether oxygens (including phenoxy) is 1. The average Bonchev–Trinajstić information content (AvgIpc) is 2.48. The maximum absolute atomic E-state index is 12.1. The third-order valence-corrected chi connectivity index (χ3v) is 3.85. The van der Waals surface area contributed by atoms with Crippen LogP contribution in [0, 0.1) is 18.3 Å². The van der Waals surface area contributed by atoms with Gasteiger partial charge < -0.3 is 10.5 Å². The fourth-order valence-electron chi connectivity index (χ4n) is 2.13. The molecule has 0 bridgehead atoms. The number of benzene rings is 1. The highest BCUT2D eigenvalue weighted by Gasteiger charge is 2.24. The zero-order valence-electron chi connectivity index (χ0n) is 11.8. The summed E-state index contributed by atoms with van der Waals surface area (Å²) in [4.78, 5) is 16.1. The maximum Gasteiger partial charge on any atom is 0.340 e. The Hall–Kier alpha value is -2.29. The molecule has 0 saturated heterocycles.